The molecule has 0 spiro atoms. The minimum absolute atomic E-state index is 0.0998. The highest BCUT2D eigenvalue weighted by atomic mass is 32.2. The number of aliphatic hydroxyl groups excluding tert-OH is 1. The maximum absolute atomic E-state index is 12.7. The molecular formula is C11H13F3O4S. The Bertz CT molecular complexity index is 537. The van der Waals surface area contributed by atoms with Gasteiger partial charge in [-0.3, -0.25) is 0 Å². The summed E-state index contributed by atoms with van der Waals surface area (Å²) in [5.74, 6) is -0.820. The van der Waals surface area contributed by atoms with Crippen molar-refractivity contribution in [1.29, 1.82) is 0 Å². The van der Waals surface area contributed by atoms with Crippen LogP contribution in [0, 0.1) is 0 Å². The number of benzene rings is 1. The summed E-state index contributed by atoms with van der Waals surface area (Å²) in [5.41, 5.74) is -0.935. The largest absolute Gasteiger partial charge is 0.492 e. The minimum Gasteiger partial charge on any atom is -0.492 e. The number of rotatable bonds is 5. The van der Waals surface area contributed by atoms with Gasteiger partial charge < -0.3 is 9.84 Å². The fraction of sp³-hybridized carbons (Fsp3) is 0.455. The molecule has 1 aromatic carbocycles. The monoisotopic (exact) mass is 298 g/mol. The van der Waals surface area contributed by atoms with E-state index < -0.39 is 33.9 Å². The Hall–Kier alpha value is -1.28. The number of aliphatic hydroxyl groups is 1. The number of ether oxygens (including phenoxy) is 1. The molecule has 0 atom stereocenters. The summed E-state index contributed by atoms with van der Waals surface area (Å²) < 4.78 is 64.8. The molecule has 8 heteroatoms. The van der Waals surface area contributed by atoms with E-state index in [0.29, 0.717) is 0 Å². The molecule has 0 fully saturated rings. The summed E-state index contributed by atoms with van der Waals surface area (Å²) in [4.78, 5) is 0. The van der Waals surface area contributed by atoms with E-state index >= 15 is 0 Å². The van der Waals surface area contributed by atoms with Crippen LogP contribution in [0.2, 0.25) is 0 Å². The van der Waals surface area contributed by atoms with Crippen molar-refractivity contribution in [1.82, 2.24) is 0 Å². The first-order valence-corrected chi connectivity index (χ1v) is 7.31. The lowest BCUT2D eigenvalue weighted by Crippen LogP contribution is -2.15. The Morgan fingerprint density at radius 1 is 1.32 bits per heavy atom. The number of hydrogen-bond acceptors (Lipinski definition) is 4. The van der Waals surface area contributed by atoms with Crippen LogP contribution in [0.5, 0.6) is 5.75 Å². The molecule has 1 aromatic rings. The highest BCUT2D eigenvalue weighted by molar-refractivity contribution is 7.90. The van der Waals surface area contributed by atoms with Gasteiger partial charge in [-0.2, -0.15) is 13.2 Å². The summed E-state index contributed by atoms with van der Waals surface area (Å²) in [5, 5.41) is 8.81. The Morgan fingerprint density at radius 2 is 1.95 bits per heavy atom. The van der Waals surface area contributed by atoms with Gasteiger partial charge in [-0.1, -0.05) is 6.07 Å². The average Bonchev–Trinajstić information content (AvgIpc) is 2.26. The SMILES string of the molecule is CS(=O)(=O)CCOc1ccc(CO)cc1C(F)(F)F. The van der Waals surface area contributed by atoms with E-state index in [0.717, 1.165) is 18.4 Å². The molecule has 0 unspecified atom stereocenters. The lowest BCUT2D eigenvalue weighted by atomic mass is 10.1. The smallest absolute Gasteiger partial charge is 0.419 e. The molecule has 0 aliphatic rings. The van der Waals surface area contributed by atoms with E-state index in [1.165, 1.54) is 6.07 Å². The third kappa shape index (κ3) is 5.07. The molecule has 0 heterocycles. The van der Waals surface area contributed by atoms with Crippen LogP contribution in [-0.4, -0.2) is 32.1 Å². The molecule has 0 aliphatic carbocycles. The Morgan fingerprint density at radius 3 is 2.42 bits per heavy atom. The summed E-state index contributed by atoms with van der Waals surface area (Å²) >= 11 is 0. The Kier molecular flexibility index (Phi) is 4.81. The zero-order valence-corrected chi connectivity index (χ0v) is 10.9. The topological polar surface area (TPSA) is 63.6 Å². The summed E-state index contributed by atoms with van der Waals surface area (Å²) in [7, 11) is -3.30. The molecule has 0 saturated heterocycles. The number of sulfone groups is 1. The first-order chi connectivity index (χ1) is 8.63. The van der Waals surface area contributed by atoms with Crippen LogP contribution in [0.3, 0.4) is 0 Å². The molecule has 0 aromatic heterocycles. The molecule has 0 saturated carbocycles. The zero-order valence-electron chi connectivity index (χ0n) is 10.1. The predicted octanol–water partition coefficient (Wildman–Crippen LogP) is 1.62. The lowest BCUT2D eigenvalue weighted by molar-refractivity contribution is -0.139. The van der Waals surface area contributed by atoms with E-state index in [1.54, 1.807) is 0 Å². The van der Waals surface area contributed by atoms with Crippen molar-refractivity contribution >= 4 is 9.84 Å². The third-order valence-corrected chi connectivity index (χ3v) is 3.15. The van der Waals surface area contributed by atoms with Gasteiger partial charge in [0.15, 0.2) is 9.84 Å². The highest BCUT2D eigenvalue weighted by Crippen LogP contribution is 2.36. The molecule has 0 radical (unpaired) electrons. The van der Waals surface area contributed by atoms with Crippen molar-refractivity contribution in [2.24, 2.45) is 0 Å². The average molecular weight is 298 g/mol. The van der Waals surface area contributed by atoms with Crippen LogP contribution in [0.4, 0.5) is 13.2 Å². The molecule has 4 nitrogen and oxygen atoms in total. The number of hydrogen-bond donors (Lipinski definition) is 1. The molecule has 0 amide bonds. The lowest BCUT2D eigenvalue weighted by Gasteiger charge is -2.14. The molecular weight excluding hydrogens is 285 g/mol. The van der Waals surface area contributed by atoms with Gasteiger partial charge in [0, 0.05) is 6.26 Å². The molecule has 0 aliphatic heterocycles. The molecule has 0 bridgehead atoms. The van der Waals surface area contributed by atoms with Gasteiger partial charge in [0.2, 0.25) is 0 Å². The van der Waals surface area contributed by atoms with Crippen LogP contribution in [0.25, 0.3) is 0 Å². The molecule has 1 rings (SSSR count). The zero-order chi connectivity index (χ0) is 14.7. The van der Waals surface area contributed by atoms with Gasteiger partial charge in [-0.05, 0) is 17.7 Å². The van der Waals surface area contributed by atoms with Crippen LogP contribution in [0.15, 0.2) is 18.2 Å². The van der Waals surface area contributed by atoms with Crippen molar-refractivity contribution in [3.8, 4) is 5.75 Å². The van der Waals surface area contributed by atoms with E-state index in [9.17, 15) is 21.6 Å². The first kappa shape index (κ1) is 15.8. The fourth-order valence-corrected chi connectivity index (χ4v) is 1.71. The quantitative estimate of drug-likeness (QED) is 0.897. The Balaban J connectivity index is 2.94. The summed E-state index contributed by atoms with van der Waals surface area (Å²) in [6.45, 7) is -0.882. The van der Waals surface area contributed by atoms with Crippen molar-refractivity contribution in [3.05, 3.63) is 29.3 Å². The van der Waals surface area contributed by atoms with Gasteiger partial charge >= 0.3 is 6.18 Å². The Labute approximate surface area is 108 Å². The molecule has 1 N–H and O–H groups in total. The van der Waals surface area contributed by atoms with Gasteiger partial charge in [-0.15, -0.1) is 0 Å². The summed E-state index contributed by atoms with van der Waals surface area (Å²) in [6.07, 6.45) is -3.67. The van der Waals surface area contributed by atoms with Gasteiger partial charge in [0.05, 0.1) is 17.9 Å². The van der Waals surface area contributed by atoms with Crippen molar-refractivity contribution in [3.63, 3.8) is 0 Å². The second-order valence-corrected chi connectivity index (χ2v) is 6.22. The standard InChI is InChI=1S/C11H13F3O4S/c1-19(16,17)5-4-18-10-3-2-8(7-15)6-9(10)11(12,13)14/h2-3,6,15H,4-5,7H2,1H3. The fourth-order valence-electron chi connectivity index (χ4n) is 1.33. The summed E-state index contributed by atoms with van der Waals surface area (Å²) in [6, 6.07) is 3.12. The first-order valence-electron chi connectivity index (χ1n) is 5.25. The second-order valence-electron chi connectivity index (χ2n) is 3.96. The second kappa shape index (κ2) is 5.79. The normalized spacial score (nSPS) is 12.5. The van der Waals surface area contributed by atoms with Crippen LogP contribution < -0.4 is 4.74 Å². The van der Waals surface area contributed by atoms with Crippen molar-refractivity contribution < 1.29 is 31.4 Å². The minimum atomic E-state index is -4.63. The number of halogens is 3. The molecule has 108 valence electrons. The third-order valence-electron chi connectivity index (χ3n) is 2.24. The van der Waals surface area contributed by atoms with Gasteiger partial charge in [0.1, 0.15) is 12.4 Å². The van der Waals surface area contributed by atoms with Crippen molar-refractivity contribution in [2.75, 3.05) is 18.6 Å². The molecule has 19 heavy (non-hydrogen) atoms. The van der Waals surface area contributed by atoms with Crippen molar-refractivity contribution in [2.45, 2.75) is 12.8 Å². The maximum Gasteiger partial charge on any atom is 0.419 e. The highest BCUT2D eigenvalue weighted by Gasteiger charge is 2.34. The van der Waals surface area contributed by atoms with Crippen LogP contribution in [-0.2, 0) is 22.6 Å². The number of alkyl halides is 3. The van der Waals surface area contributed by atoms with Gasteiger partial charge in [0.25, 0.3) is 0 Å². The van der Waals surface area contributed by atoms with Gasteiger partial charge in [-0.25, -0.2) is 8.42 Å². The predicted molar refractivity (Wildman–Crippen MR) is 62.6 cm³/mol. The van der Waals surface area contributed by atoms with E-state index in [-0.39, 0.29) is 17.9 Å². The van der Waals surface area contributed by atoms with E-state index in [4.69, 9.17) is 9.84 Å². The maximum atomic E-state index is 12.7. The van der Waals surface area contributed by atoms with E-state index in [1.807, 2.05) is 0 Å². The van der Waals surface area contributed by atoms with E-state index in [2.05, 4.69) is 0 Å². The van der Waals surface area contributed by atoms with Crippen LogP contribution >= 0.6 is 0 Å². The van der Waals surface area contributed by atoms with Crippen LogP contribution in [0.1, 0.15) is 11.1 Å².